The van der Waals surface area contributed by atoms with Gasteiger partial charge in [-0.05, 0) is 81.0 Å². The van der Waals surface area contributed by atoms with E-state index in [9.17, 15) is 19.2 Å². The van der Waals surface area contributed by atoms with E-state index < -0.39 is 23.8 Å². The first-order valence-electron chi connectivity index (χ1n) is 16.4. The number of imide groups is 2. The fourth-order valence-corrected chi connectivity index (χ4v) is 7.36. The van der Waals surface area contributed by atoms with Crippen molar-refractivity contribution in [1.29, 1.82) is 0 Å². The average Bonchev–Trinajstić information content (AvgIpc) is 3.61. The molecule has 5 heterocycles. The number of nitrogens with one attached hydrogen (secondary N) is 2. The van der Waals surface area contributed by atoms with Gasteiger partial charge < -0.3 is 10.2 Å². The van der Waals surface area contributed by atoms with Gasteiger partial charge in [-0.3, -0.25) is 39.1 Å². The third-order valence-electron chi connectivity index (χ3n) is 10.1. The largest absolute Gasteiger partial charge is 0.385 e. The Morgan fingerprint density at radius 2 is 1.79 bits per heavy atom. The fraction of sp³-hybridized carbons (Fsp3) is 0.400. The van der Waals surface area contributed by atoms with Gasteiger partial charge in [0.2, 0.25) is 11.8 Å². The summed E-state index contributed by atoms with van der Waals surface area (Å²) < 4.78 is 2.07. The second kappa shape index (κ2) is 11.7. The number of carbonyl (C=O) groups excluding carboxylic acids is 4. The first kappa shape index (κ1) is 29.4. The lowest BCUT2D eigenvalue weighted by atomic mass is 9.77. The van der Waals surface area contributed by atoms with Crippen LogP contribution in [0.3, 0.4) is 0 Å². The van der Waals surface area contributed by atoms with Crippen molar-refractivity contribution in [3.05, 3.63) is 71.7 Å². The number of rotatable bonds is 9. The summed E-state index contributed by atoms with van der Waals surface area (Å²) in [6.45, 7) is 2.91. The maximum absolute atomic E-state index is 13.1. The molecule has 12 nitrogen and oxygen atoms in total. The zero-order chi connectivity index (χ0) is 32.2. The second-order valence-electron chi connectivity index (χ2n) is 13.4. The highest BCUT2D eigenvalue weighted by Gasteiger charge is 2.44. The number of likely N-dealkylation sites (tertiary alicyclic amines) is 1. The Morgan fingerprint density at radius 1 is 0.957 bits per heavy atom. The molecule has 2 saturated heterocycles. The Kier molecular flexibility index (Phi) is 7.31. The smallest absolute Gasteiger partial charge is 0.262 e. The van der Waals surface area contributed by atoms with Gasteiger partial charge in [0.25, 0.3) is 11.8 Å². The Morgan fingerprint density at radius 3 is 2.60 bits per heavy atom. The molecule has 1 unspecified atom stereocenters. The molecule has 47 heavy (non-hydrogen) atoms. The lowest BCUT2D eigenvalue weighted by molar-refractivity contribution is -0.136. The summed E-state index contributed by atoms with van der Waals surface area (Å²) in [5.41, 5.74) is 6.31. The summed E-state index contributed by atoms with van der Waals surface area (Å²) >= 11 is 0. The molecule has 1 saturated carbocycles. The third kappa shape index (κ3) is 5.46. The van der Waals surface area contributed by atoms with Gasteiger partial charge in [-0.2, -0.15) is 5.10 Å². The van der Waals surface area contributed by atoms with Crippen molar-refractivity contribution < 1.29 is 19.2 Å². The van der Waals surface area contributed by atoms with Crippen LogP contribution >= 0.6 is 0 Å². The molecule has 240 valence electrons. The number of hydrogen-bond acceptors (Lipinski definition) is 9. The van der Waals surface area contributed by atoms with Crippen molar-refractivity contribution in [2.75, 3.05) is 32.0 Å². The molecule has 0 bridgehead atoms. The Balaban J connectivity index is 0.817. The highest BCUT2D eigenvalue weighted by Crippen LogP contribution is 2.40. The number of aromatic nitrogens is 4. The molecule has 12 heteroatoms. The number of hydrogen-bond donors (Lipinski definition) is 2. The average molecular weight is 633 g/mol. The molecule has 2 aromatic heterocycles. The zero-order valence-electron chi connectivity index (χ0n) is 26.2. The van der Waals surface area contributed by atoms with Crippen molar-refractivity contribution in [2.45, 2.75) is 56.5 Å². The normalized spacial score (nSPS) is 23.1. The maximum Gasteiger partial charge on any atom is 0.262 e. The van der Waals surface area contributed by atoms with E-state index in [2.05, 4.69) is 61.7 Å². The van der Waals surface area contributed by atoms with Crippen LogP contribution in [0.2, 0.25) is 0 Å². The molecule has 4 aromatic rings. The summed E-state index contributed by atoms with van der Waals surface area (Å²) in [6.07, 6.45) is 10.3. The molecule has 8 rings (SSSR count). The van der Waals surface area contributed by atoms with Gasteiger partial charge >= 0.3 is 0 Å². The number of nitrogens with zero attached hydrogens (tertiary/aromatic N) is 6. The fourth-order valence-electron chi connectivity index (χ4n) is 7.36. The summed E-state index contributed by atoms with van der Waals surface area (Å²) in [5.74, 6) is -0.793. The summed E-state index contributed by atoms with van der Waals surface area (Å²) in [7, 11) is 2.14. The topological polar surface area (TPSA) is 142 Å². The van der Waals surface area contributed by atoms with Crippen molar-refractivity contribution in [3.63, 3.8) is 0 Å². The van der Waals surface area contributed by atoms with Crippen LogP contribution in [0.25, 0.3) is 22.3 Å². The molecule has 0 spiro atoms. The molecule has 2 N–H and O–H groups in total. The number of likely N-dealkylation sites (N-methyl/N-ethyl adjacent to an activating group) is 1. The number of fused-ring (bicyclic) bond motifs is 2. The predicted octanol–water partition coefficient (Wildman–Crippen LogP) is 3.77. The van der Waals surface area contributed by atoms with Crippen molar-refractivity contribution >= 4 is 40.3 Å². The Labute approximate surface area is 271 Å². The van der Waals surface area contributed by atoms with Crippen LogP contribution in [0, 0.1) is 5.92 Å². The number of anilines is 1. The second-order valence-corrected chi connectivity index (χ2v) is 13.4. The van der Waals surface area contributed by atoms with E-state index in [0.717, 1.165) is 78.2 Å². The molecular formula is C35H36N8O4. The van der Waals surface area contributed by atoms with Crippen molar-refractivity contribution in [1.82, 2.24) is 34.9 Å². The van der Waals surface area contributed by atoms with Gasteiger partial charge in [0.05, 0.1) is 46.3 Å². The van der Waals surface area contributed by atoms with E-state index in [-0.39, 0.29) is 29.9 Å². The monoisotopic (exact) mass is 632 g/mol. The Hall–Kier alpha value is -4.97. The summed E-state index contributed by atoms with van der Waals surface area (Å²) in [5, 5.41) is 10.3. The van der Waals surface area contributed by atoms with Crippen LogP contribution in [0.15, 0.2) is 55.0 Å². The zero-order valence-corrected chi connectivity index (χ0v) is 26.2. The van der Waals surface area contributed by atoms with E-state index >= 15 is 0 Å². The quantitative estimate of drug-likeness (QED) is 0.208. The number of carbonyl (C=O) groups is 4. The molecule has 4 amide bonds. The van der Waals surface area contributed by atoms with E-state index in [1.54, 1.807) is 18.2 Å². The standard InChI is InChI=1S/C35H36N8O4/c1-41-17-23(18-41)21-4-7-28-29(13-21)39-30(16-37-28)22-15-38-42(19-22)25-11-20(12-25)3-2-10-36-24-5-6-26-27(14-24)35(47)43(34(26)46)31-8-9-32(44)40-33(31)45/h4-7,13-16,19-20,23,25,31,36H,2-3,8-12,17-18H2,1H3,(H,40,44,45). The molecule has 0 radical (unpaired) electrons. The highest BCUT2D eigenvalue weighted by atomic mass is 16.2. The van der Waals surface area contributed by atoms with Crippen LogP contribution in [-0.4, -0.2) is 85.9 Å². The molecule has 2 aromatic carbocycles. The van der Waals surface area contributed by atoms with Gasteiger partial charge in [-0.1, -0.05) is 6.07 Å². The number of piperidine rings is 1. The van der Waals surface area contributed by atoms with Crippen LogP contribution < -0.4 is 10.6 Å². The molecular weight excluding hydrogens is 596 g/mol. The van der Waals surface area contributed by atoms with E-state index in [4.69, 9.17) is 4.98 Å². The van der Waals surface area contributed by atoms with E-state index in [1.165, 1.54) is 5.56 Å². The van der Waals surface area contributed by atoms with Crippen LogP contribution in [0.4, 0.5) is 5.69 Å². The first-order chi connectivity index (χ1) is 22.8. The number of benzene rings is 2. The molecule has 4 aliphatic rings. The lowest BCUT2D eigenvalue weighted by Gasteiger charge is -2.36. The molecule has 3 aliphatic heterocycles. The van der Waals surface area contributed by atoms with Crippen molar-refractivity contribution in [3.8, 4) is 11.3 Å². The van der Waals surface area contributed by atoms with Gasteiger partial charge in [0.15, 0.2) is 0 Å². The van der Waals surface area contributed by atoms with E-state index in [1.807, 2.05) is 12.4 Å². The minimum absolute atomic E-state index is 0.0986. The van der Waals surface area contributed by atoms with Crippen LogP contribution in [0.1, 0.15) is 76.8 Å². The highest BCUT2D eigenvalue weighted by molar-refractivity contribution is 6.23. The first-order valence-corrected chi connectivity index (χ1v) is 16.4. The van der Waals surface area contributed by atoms with Gasteiger partial charge in [0.1, 0.15) is 6.04 Å². The van der Waals surface area contributed by atoms with Crippen molar-refractivity contribution in [2.24, 2.45) is 5.92 Å². The molecule has 1 atom stereocenters. The minimum atomic E-state index is -0.962. The Bertz CT molecular complexity index is 1930. The maximum atomic E-state index is 13.1. The summed E-state index contributed by atoms with van der Waals surface area (Å²) in [6, 6.07) is 11.0. The van der Waals surface area contributed by atoms with Crippen LogP contribution in [0.5, 0.6) is 0 Å². The van der Waals surface area contributed by atoms with Gasteiger partial charge in [-0.15, -0.1) is 0 Å². The summed E-state index contributed by atoms with van der Waals surface area (Å²) in [4.78, 5) is 62.7. The molecule has 1 aliphatic carbocycles. The van der Waals surface area contributed by atoms with Gasteiger partial charge in [0, 0.05) is 49.4 Å². The minimum Gasteiger partial charge on any atom is -0.385 e. The lowest BCUT2D eigenvalue weighted by Crippen LogP contribution is -2.54. The molecule has 3 fully saturated rings. The van der Waals surface area contributed by atoms with Crippen LogP contribution in [-0.2, 0) is 9.59 Å². The SMILES string of the molecule is CN1CC(c2ccc3ncc(-c4cnn(C5CC(CCCNc6ccc7c(c6)C(=O)N(C6CCC(=O)NC6=O)C7=O)C5)c4)nc3c2)C1. The van der Waals surface area contributed by atoms with Gasteiger partial charge in [-0.25, -0.2) is 4.98 Å². The number of amides is 4. The predicted molar refractivity (Wildman–Crippen MR) is 174 cm³/mol. The van der Waals surface area contributed by atoms with E-state index in [0.29, 0.717) is 17.9 Å². The third-order valence-corrected chi connectivity index (χ3v) is 10.1.